The molecule has 18 heavy (non-hydrogen) atoms. The highest BCUT2D eigenvalue weighted by Crippen LogP contribution is 2.24. The van der Waals surface area contributed by atoms with Gasteiger partial charge >= 0.3 is 0 Å². The first-order valence-corrected chi connectivity index (χ1v) is 6.92. The van der Waals surface area contributed by atoms with Crippen LogP contribution in [0.2, 0.25) is 0 Å². The summed E-state index contributed by atoms with van der Waals surface area (Å²) in [5.41, 5.74) is 0. The lowest BCUT2D eigenvalue weighted by Crippen LogP contribution is -2.36. The number of nitrogens with one attached hydrogen (secondary N) is 1. The summed E-state index contributed by atoms with van der Waals surface area (Å²) in [7, 11) is 0. The number of carbonyl (C=O) groups is 1. The molecule has 2 aliphatic rings. The first kappa shape index (κ1) is 13.8. The molecule has 0 aromatic heterocycles. The lowest BCUT2D eigenvalue weighted by molar-refractivity contribution is -0.132. The van der Waals surface area contributed by atoms with Crippen molar-refractivity contribution in [3.05, 3.63) is 0 Å². The van der Waals surface area contributed by atoms with Crippen LogP contribution in [0.25, 0.3) is 0 Å². The maximum absolute atomic E-state index is 12.1. The van der Waals surface area contributed by atoms with Crippen molar-refractivity contribution in [2.24, 2.45) is 11.8 Å². The van der Waals surface area contributed by atoms with Crippen LogP contribution in [0, 0.1) is 11.8 Å². The Kier molecular flexibility index (Phi) is 4.59. The molecule has 0 aromatic carbocycles. The van der Waals surface area contributed by atoms with Crippen molar-refractivity contribution in [2.75, 3.05) is 26.2 Å². The molecule has 0 saturated carbocycles. The predicted molar refractivity (Wildman–Crippen MR) is 68.0 cm³/mol. The van der Waals surface area contributed by atoms with Crippen molar-refractivity contribution in [3.8, 4) is 0 Å². The SMILES string of the molecule is CC(CC(=O)N1C[C@@H](O)[C@@H](O)C1)C1CCCNC1. The fraction of sp³-hybridized carbons (Fsp3) is 0.923. The Morgan fingerprint density at radius 3 is 2.61 bits per heavy atom. The molecule has 4 atom stereocenters. The Labute approximate surface area is 108 Å². The largest absolute Gasteiger partial charge is 0.388 e. The number of rotatable bonds is 3. The first-order valence-electron chi connectivity index (χ1n) is 6.92. The van der Waals surface area contributed by atoms with Gasteiger partial charge in [-0.15, -0.1) is 0 Å². The number of β-amino-alcohol motifs (C(OH)–C–C–N with tert-alkyl or cyclic N) is 2. The summed E-state index contributed by atoms with van der Waals surface area (Å²) in [5.74, 6) is 0.990. The molecule has 2 heterocycles. The molecule has 0 bridgehead atoms. The van der Waals surface area contributed by atoms with Crippen molar-refractivity contribution in [1.29, 1.82) is 0 Å². The van der Waals surface area contributed by atoms with E-state index in [1.165, 1.54) is 12.8 Å². The molecule has 3 N–H and O–H groups in total. The standard InChI is InChI=1S/C13H24N2O3/c1-9(10-3-2-4-14-6-10)5-13(18)15-7-11(16)12(17)8-15/h9-12,14,16-17H,2-8H2,1H3/t9?,10?,11-,12+. The van der Waals surface area contributed by atoms with Crippen LogP contribution in [0.5, 0.6) is 0 Å². The van der Waals surface area contributed by atoms with Gasteiger partial charge in [0.15, 0.2) is 0 Å². The summed E-state index contributed by atoms with van der Waals surface area (Å²) in [6, 6.07) is 0. The molecular weight excluding hydrogens is 232 g/mol. The molecule has 2 fully saturated rings. The molecule has 0 aromatic rings. The second-order valence-corrected chi connectivity index (χ2v) is 5.72. The highest BCUT2D eigenvalue weighted by Gasteiger charge is 2.33. The number of likely N-dealkylation sites (tertiary alicyclic amines) is 1. The molecule has 2 aliphatic heterocycles. The summed E-state index contributed by atoms with van der Waals surface area (Å²) < 4.78 is 0. The van der Waals surface area contributed by atoms with E-state index in [9.17, 15) is 15.0 Å². The first-order chi connectivity index (χ1) is 8.58. The average Bonchev–Trinajstić information content (AvgIpc) is 2.71. The van der Waals surface area contributed by atoms with E-state index in [4.69, 9.17) is 0 Å². The molecule has 1 amide bonds. The van der Waals surface area contributed by atoms with E-state index in [0.29, 0.717) is 18.3 Å². The summed E-state index contributed by atoms with van der Waals surface area (Å²) >= 11 is 0. The number of nitrogens with zero attached hydrogens (tertiary/aromatic N) is 1. The minimum Gasteiger partial charge on any atom is -0.388 e. The van der Waals surface area contributed by atoms with Gasteiger partial charge in [-0.25, -0.2) is 0 Å². The van der Waals surface area contributed by atoms with Gasteiger partial charge in [-0.1, -0.05) is 6.92 Å². The lowest BCUT2D eigenvalue weighted by atomic mass is 9.85. The normalized spacial score (nSPS) is 34.6. The zero-order valence-corrected chi connectivity index (χ0v) is 11.0. The number of hydrogen-bond donors (Lipinski definition) is 3. The van der Waals surface area contributed by atoms with E-state index in [2.05, 4.69) is 12.2 Å². The monoisotopic (exact) mass is 256 g/mol. The third-order valence-electron chi connectivity index (χ3n) is 4.25. The van der Waals surface area contributed by atoms with Crippen LogP contribution in [0.15, 0.2) is 0 Å². The highest BCUT2D eigenvalue weighted by atomic mass is 16.3. The van der Waals surface area contributed by atoms with E-state index < -0.39 is 12.2 Å². The number of carbonyl (C=O) groups excluding carboxylic acids is 1. The Morgan fingerprint density at radius 1 is 1.39 bits per heavy atom. The second kappa shape index (κ2) is 5.99. The van der Waals surface area contributed by atoms with Crippen LogP contribution < -0.4 is 5.32 Å². The van der Waals surface area contributed by atoms with Crippen molar-refractivity contribution in [2.45, 2.75) is 38.4 Å². The fourth-order valence-electron chi connectivity index (χ4n) is 2.91. The average molecular weight is 256 g/mol. The Hall–Kier alpha value is -0.650. The number of hydrogen-bond acceptors (Lipinski definition) is 4. The molecule has 2 saturated heterocycles. The molecule has 2 rings (SSSR count). The van der Waals surface area contributed by atoms with Crippen LogP contribution >= 0.6 is 0 Å². The van der Waals surface area contributed by atoms with Gasteiger partial charge in [-0.05, 0) is 37.8 Å². The van der Waals surface area contributed by atoms with E-state index >= 15 is 0 Å². The van der Waals surface area contributed by atoms with Gasteiger partial charge in [0.1, 0.15) is 0 Å². The van der Waals surface area contributed by atoms with Crippen LogP contribution in [0.4, 0.5) is 0 Å². The smallest absolute Gasteiger partial charge is 0.223 e. The summed E-state index contributed by atoms with van der Waals surface area (Å²) in [6.07, 6.45) is 1.34. The number of aliphatic hydroxyl groups is 2. The quantitative estimate of drug-likeness (QED) is 0.641. The van der Waals surface area contributed by atoms with Crippen molar-refractivity contribution >= 4 is 5.91 Å². The van der Waals surface area contributed by atoms with Gasteiger partial charge in [0.2, 0.25) is 5.91 Å². The molecular formula is C13H24N2O3. The van der Waals surface area contributed by atoms with Gasteiger partial charge < -0.3 is 20.4 Å². The summed E-state index contributed by atoms with van der Waals surface area (Å²) in [6.45, 7) is 4.76. The number of aliphatic hydroxyl groups excluding tert-OH is 2. The van der Waals surface area contributed by atoms with Gasteiger partial charge in [0.05, 0.1) is 12.2 Å². The Morgan fingerprint density at radius 2 is 2.06 bits per heavy atom. The van der Waals surface area contributed by atoms with Gasteiger partial charge in [0, 0.05) is 19.5 Å². The molecule has 0 aliphatic carbocycles. The van der Waals surface area contributed by atoms with Crippen LogP contribution in [0.1, 0.15) is 26.2 Å². The van der Waals surface area contributed by atoms with Crippen molar-refractivity contribution in [1.82, 2.24) is 10.2 Å². The lowest BCUT2D eigenvalue weighted by Gasteiger charge is -2.29. The topological polar surface area (TPSA) is 72.8 Å². The molecule has 0 spiro atoms. The van der Waals surface area contributed by atoms with Gasteiger partial charge in [-0.2, -0.15) is 0 Å². The van der Waals surface area contributed by atoms with Crippen molar-refractivity contribution < 1.29 is 15.0 Å². The zero-order chi connectivity index (χ0) is 13.1. The van der Waals surface area contributed by atoms with Gasteiger partial charge in [0.25, 0.3) is 0 Å². The van der Waals surface area contributed by atoms with Gasteiger partial charge in [-0.3, -0.25) is 4.79 Å². The molecule has 104 valence electrons. The van der Waals surface area contributed by atoms with E-state index in [1.54, 1.807) is 4.90 Å². The second-order valence-electron chi connectivity index (χ2n) is 5.72. The Balaban J connectivity index is 1.80. The van der Waals surface area contributed by atoms with Crippen molar-refractivity contribution in [3.63, 3.8) is 0 Å². The van der Waals surface area contributed by atoms with Crippen LogP contribution in [0.3, 0.4) is 0 Å². The molecule has 0 radical (unpaired) electrons. The van der Waals surface area contributed by atoms with E-state index in [0.717, 1.165) is 13.1 Å². The highest BCUT2D eigenvalue weighted by molar-refractivity contribution is 5.76. The third kappa shape index (κ3) is 3.22. The summed E-state index contributed by atoms with van der Waals surface area (Å²) in [5, 5.41) is 22.3. The maximum atomic E-state index is 12.1. The number of piperidine rings is 1. The Bertz CT molecular complexity index is 282. The van der Waals surface area contributed by atoms with E-state index in [1.807, 2.05) is 0 Å². The molecule has 2 unspecified atom stereocenters. The zero-order valence-electron chi connectivity index (χ0n) is 11.0. The van der Waals surface area contributed by atoms with E-state index in [-0.39, 0.29) is 19.0 Å². The van der Waals surface area contributed by atoms with Crippen LogP contribution in [-0.4, -0.2) is 59.4 Å². The molecule has 5 nitrogen and oxygen atoms in total. The fourth-order valence-corrected chi connectivity index (χ4v) is 2.91. The number of amides is 1. The summed E-state index contributed by atoms with van der Waals surface area (Å²) in [4.78, 5) is 13.7. The maximum Gasteiger partial charge on any atom is 0.223 e. The third-order valence-corrected chi connectivity index (χ3v) is 4.25. The minimum atomic E-state index is -0.777. The minimum absolute atomic E-state index is 0.0590. The predicted octanol–water partition coefficient (Wildman–Crippen LogP) is -0.424. The molecule has 5 heteroatoms. The van der Waals surface area contributed by atoms with Crippen LogP contribution in [-0.2, 0) is 4.79 Å².